The molecule has 4 aromatic rings. The molecule has 2 unspecified atom stereocenters. The molecular formula is C31H35BrN6O5S. The molecule has 0 saturated carbocycles. The fraction of sp³-hybridized carbons (Fsp3) is 0.419. The first-order valence-corrected chi connectivity index (χ1v) is 15.9. The van der Waals surface area contributed by atoms with E-state index >= 15 is 0 Å². The van der Waals surface area contributed by atoms with Crippen molar-refractivity contribution in [1.29, 1.82) is 0 Å². The number of amides is 2. The number of halogens is 1. The molecule has 3 aromatic heterocycles. The lowest BCUT2D eigenvalue weighted by molar-refractivity contribution is 0.0443. The second-order valence-corrected chi connectivity index (χ2v) is 14.2. The Kier molecular flexibility index (Phi) is 9.07. The number of ether oxygens (including phenoxy) is 2. The summed E-state index contributed by atoms with van der Waals surface area (Å²) in [5.41, 5.74) is 0.704. The van der Waals surface area contributed by atoms with E-state index in [-0.39, 0.29) is 35.3 Å². The summed E-state index contributed by atoms with van der Waals surface area (Å²) in [5.74, 6) is 0.317. The molecule has 1 aromatic carbocycles. The molecule has 4 heterocycles. The van der Waals surface area contributed by atoms with Crippen molar-refractivity contribution < 1.29 is 23.5 Å². The molecule has 0 spiro atoms. The van der Waals surface area contributed by atoms with Crippen molar-refractivity contribution in [3.8, 4) is 17.3 Å². The fourth-order valence-electron chi connectivity index (χ4n) is 5.07. The Morgan fingerprint density at radius 2 is 1.89 bits per heavy atom. The lowest BCUT2D eigenvalue weighted by Gasteiger charge is -2.29. The average Bonchev–Trinajstić information content (AvgIpc) is 3.72. The molecule has 232 valence electrons. The van der Waals surface area contributed by atoms with Gasteiger partial charge in [-0.2, -0.15) is 0 Å². The van der Waals surface area contributed by atoms with E-state index in [1.165, 1.54) is 7.11 Å². The highest BCUT2D eigenvalue weighted by atomic mass is 79.9. The summed E-state index contributed by atoms with van der Waals surface area (Å²) < 4.78 is 18.1. The lowest BCUT2D eigenvalue weighted by atomic mass is 9.92. The number of aromatic nitrogens is 4. The zero-order valence-electron chi connectivity index (χ0n) is 25.5. The van der Waals surface area contributed by atoms with Crippen LogP contribution in [0.3, 0.4) is 0 Å². The summed E-state index contributed by atoms with van der Waals surface area (Å²) in [5, 5.41) is 12.4. The SMILES string of the molecule is COc1cc(-c2nnc(C(C)(Cc3ccccc3)NC(=O)OC(C)(C)C)o2)cc(C(=O)N2CCCC2c2nc(C)c(Br)s2)n1. The van der Waals surface area contributed by atoms with Gasteiger partial charge in [0.25, 0.3) is 5.91 Å². The Morgan fingerprint density at radius 3 is 2.55 bits per heavy atom. The quantitative estimate of drug-likeness (QED) is 0.217. The maximum absolute atomic E-state index is 13.8. The third kappa shape index (κ3) is 7.10. The minimum Gasteiger partial charge on any atom is -0.481 e. The molecule has 0 radical (unpaired) electrons. The third-order valence-corrected chi connectivity index (χ3v) is 9.21. The molecule has 1 aliphatic heterocycles. The van der Waals surface area contributed by atoms with Gasteiger partial charge in [0.1, 0.15) is 21.8 Å². The van der Waals surface area contributed by atoms with Crippen LogP contribution in [0.25, 0.3) is 11.5 Å². The van der Waals surface area contributed by atoms with Crippen LogP contribution < -0.4 is 10.1 Å². The van der Waals surface area contributed by atoms with Crippen LogP contribution in [0, 0.1) is 6.92 Å². The highest BCUT2D eigenvalue weighted by Gasteiger charge is 2.37. The molecule has 44 heavy (non-hydrogen) atoms. The number of carbonyl (C=O) groups excluding carboxylic acids is 2. The van der Waals surface area contributed by atoms with Gasteiger partial charge in [0.05, 0.1) is 22.6 Å². The molecule has 1 fully saturated rings. The molecule has 1 N–H and O–H groups in total. The van der Waals surface area contributed by atoms with Gasteiger partial charge in [-0.05, 0) is 75.0 Å². The van der Waals surface area contributed by atoms with Crippen molar-refractivity contribution in [2.24, 2.45) is 0 Å². The van der Waals surface area contributed by atoms with E-state index in [0.29, 0.717) is 18.5 Å². The minimum atomic E-state index is -1.10. The van der Waals surface area contributed by atoms with Crippen molar-refractivity contribution in [2.45, 2.75) is 71.1 Å². The largest absolute Gasteiger partial charge is 0.481 e. The summed E-state index contributed by atoms with van der Waals surface area (Å²) in [4.78, 5) is 37.6. The van der Waals surface area contributed by atoms with Crippen LogP contribution in [-0.2, 0) is 16.7 Å². The van der Waals surface area contributed by atoms with Gasteiger partial charge in [0.15, 0.2) is 0 Å². The Morgan fingerprint density at radius 1 is 1.14 bits per heavy atom. The van der Waals surface area contributed by atoms with Crippen LogP contribution in [0.1, 0.15) is 79.2 Å². The normalized spacial score (nSPS) is 16.4. The molecule has 13 heteroatoms. The standard InChI is InChI=1S/C31H35BrN6O5S/c1-18-24(32)44-26(33-18)22-13-10-14-38(22)27(39)21-15-20(16-23(34-21)41-6)25-36-37-28(42-25)31(5,17-19-11-8-7-9-12-19)35-29(40)43-30(2,3)4/h7-9,11-12,15-16,22H,10,13-14,17H2,1-6H3,(H,35,40). The van der Waals surface area contributed by atoms with Gasteiger partial charge < -0.3 is 24.1 Å². The summed E-state index contributed by atoms with van der Waals surface area (Å²) in [7, 11) is 1.48. The predicted molar refractivity (Wildman–Crippen MR) is 169 cm³/mol. The summed E-state index contributed by atoms with van der Waals surface area (Å²) in [6.07, 6.45) is 1.43. The number of benzene rings is 1. The van der Waals surface area contributed by atoms with Crippen LogP contribution in [-0.4, -0.2) is 56.3 Å². The van der Waals surface area contributed by atoms with Gasteiger partial charge in [-0.1, -0.05) is 30.3 Å². The number of hydrogen-bond donors (Lipinski definition) is 1. The molecule has 0 aliphatic carbocycles. The fourth-order valence-corrected chi connectivity index (χ4v) is 6.59. The van der Waals surface area contributed by atoms with E-state index in [9.17, 15) is 9.59 Å². The monoisotopic (exact) mass is 682 g/mol. The molecule has 1 aliphatic rings. The predicted octanol–water partition coefficient (Wildman–Crippen LogP) is 6.63. The van der Waals surface area contributed by atoms with Gasteiger partial charge >= 0.3 is 6.09 Å². The van der Waals surface area contributed by atoms with Crippen LogP contribution >= 0.6 is 27.3 Å². The van der Waals surface area contributed by atoms with Crippen molar-refractivity contribution in [2.75, 3.05) is 13.7 Å². The van der Waals surface area contributed by atoms with Crippen molar-refractivity contribution in [3.05, 3.63) is 74.1 Å². The molecule has 2 amide bonds. The first-order chi connectivity index (χ1) is 20.8. The topological polar surface area (TPSA) is 133 Å². The lowest BCUT2D eigenvalue weighted by Crippen LogP contribution is -2.47. The Balaban J connectivity index is 1.46. The number of hydrogen-bond acceptors (Lipinski definition) is 10. The highest BCUT2D eigenvalue weighted by Crippen LogP contribution is 2.38. The van der Waals surface area contributed by atoms with Gasteiger partial charge in [-0.15, -0.1) is 21.5 Å². The number of carbonyl (C=O) groups is 2. The van der Waals surface area contributed by atoms with E-state index in [0.717, 1.165) is 32.9 Å². The zero-order valence-corrected chi connectivity index (χ0v) is 27.9. The minimum absolute atomic E-state index is 0.137. The van der Waals surface area contributed by atoms with Crippen LogP contribution in [0.4, 0.5) is 4.79 Å². The van der Waals surface area contributed by atoms with E-state index in [2.05, 4.69) is 41.4 Å². The van der Waals surface area contributed by atoms with Gasteiger partial charge in [0, 0.05) is 24.6 Å². The number of alkyl carbamates (subject to hydrolysis) is 1. The van der Waals surface area contributed by atoms with Gasteiger partial charge in [-0.3, -0.25) is 4.79 Å². The number of nitrogens with zero attached hydrogens (tertiary/aromatic N) is 5. The number of nitrogens with one attached hydrogen (secondary N) is 1. The maximum Gasteiger partial charge on any atom is 0.408 e. The average molecular weight is 684 g/mol. The second-order valence-electron chi connectivity index (χ2n) is 11.9. The summed E-state index contributed by atoms with van der Waals surface area (Å²) in [6, 6.07) is 12.8. The molecule has 11 nitrogen and oxygen atoms in total. The number of methoxy groups -OCH3 is 1. The van der Waals surface area contributed by atoms with Gasteiger partial charge in [0.2, 0.25) is 17.7 Å². The summed E-state index contributed by atoms with van der Waals surface area (Å²) >= 11 is 5.09. The van der Waals surface area contributed by atoms with E-state index in [4.69, 9.17) is 13.9 Å². The molecule has 2 atom stereocenters. The van der Waals surface area contributed by atoms with E-state index in [1.54, 1.807) is 56.1 Å². The number of likely N-dealkylation sites (tertiary alicyclic amines) is 1. The first kappa shape index (κ1) is 31.6. The number of pyridine rings is 1. The first-order valence-electron chi connectivity index (χ1n) is 14.2. The molecule has 0 bridgehead atoms. The summed E-state index contributed by atoms with van der Waals surface area (Å²) in [6.45, 7) is 9.71. The van der Waals surface area contributed by atoms with Crippen LogP contribution in [0.5, 0.6) is 5.88 Å². The second kappa shape index (κ2) is 12.6. The van der Waals surface area contributed by atoms with Crippen molar-refractivity contribution in [3.63, 3.8) is 0 Å². The van der Waals surface area contributed by atoms with Gasteiger partial charge in [-0.25, -0.2) is 14.8 Å². The smallest absolute Gasteiger partial charge is 0.408 e. The third-order valence-electron chi connectivity index (χ3n) is 7.11. The number of rotatable bonds is 8. The van der Waals surface area contributed by atoms with Crippen LogP contribution in [0.2, 0.25) is 0 Å². The van der Waals surface area contributed by atoms with E-state index in [1.807, 2.05) is 37.3 Å². The molecule has 5 rings (SSSR count). The van der Waals surface area contributed by atoms with E-state index < -0.39 is 17.2 Å². The zero-order chi connectivity index (χ0) is 31.6. The van der Waals surface area contributed by atoms with Crippen molar-refractivity contribution in [1.82, 2.24) is 30.4 Å². The maximum atomic E-state index is 13.8. The Labute approximate surface area is 268 Å². The van der Waals surface area contributed by atoms with Crippen molar-refractivity contribution >= 4 is 39.3 Å². The Hall–Kier alpha value is -3.84. The number of thiazole rings is 1. The molecule has 1 saturated heterocycles. The number of aryl methyl sites for hydroxylation is 1. The Bertz CT molecular complexity index is 1630. The van der Waals surface area contributed by atoms with Crippen LogP contribution in [0.15, 0.2) is 50.7 Å². The highest BCUT2D eigenvalue weighted by molar-refractivity contribution is 9.11. The molecular weight excluding hydrogens is 648 g/mol.